The third-order valence-corrected chi connectivity index (χ3v) is 17.8. The van der Waals surface area contributed by atoms with Crippen molar-refractivity contribution in [3.05, 3.63) is 258 Å². The summed E-state index contributed by atoms with van der Waals surface area (Å²) in [5, 5.41) is 1.29. The van der Waals surface area contributed by atoms with E-state index in [1.54, 1.807) is 0 Å². The van der Waals surface area contributed by atoms with Crippen molar-refractivity contribution in [3.63, 3.8) is 0 Å². The molecule has 9 aromatic carbocycles. The van der Waals surface area contributed by atoms with Gasteiger partial charge in [-0.1, -0.05) is 185 Å². The monoisotopic (exact) mass is 919 g/mol. The molecule has 0 saturated heterocycles. The van der Waals surface area contributed by atoms with Crippen LogP contribution < -0.4 is 19.5 Å². The Bertz CT molecular complexity index is 3540. The lowest BCUT2D eigenvalue weighted by Crippen LogP contribution is -2.21. The lowest BCUT2D eigenvalue weighted by atomic mass is 9.80. The van der Waals surface area contributed by atoms with E-state index >= 15 is 0 Å². The molecule has 4 heteroatoms. The van der Waals surface area contributed by atoms with E-state index < -0.39 is 8.22 Å². The van der Waals surface area contributed by atoms with Crippen LogP contribution in [0.1, 0.15) is 62.8 Å². The van der Waals surface area contributed by atoms with Crippen LogP contribution >= 0.6 is 8.22 Å². The molecule has 1 unspecified atom stereocenters. The van der Waals surface area contributed by atoms with Gasteiger partial charge in [0.05, 0.1) is 17.1 Å². The van der Waals surface area contributed by atoms with Gasteiger partial charge in [0, 0.05) is 44.4 Å². The molecule has 70 heavy (non-hydrogen) atoms. The molecule has 1 atom stereocenters. The number of nitrogens with zero attached hydrogens (tertiary/aromatic N) is 3. The maximum absolute atomic E-state index is 2.57. The van der Waals surface area contributed by atoms with E-state index in [1.807, 2.05) is 0 Å². The zero-order chi connectivity index (χ0) is 47.1. The second-order valence-corrected chi connectivity index (χ2v) is 22.0. The molecular weight excluding hydrogens is 866 g/mol. The Labute approximate surface area is 414 Å². The molecule has 3 nitrogen and oxygen atoms in total. The number of anilines is 7. The van der Waals surface area contributed by atoms with E-state index in [1.165, 1.54) is 101 Å². The van der Waals surface area contributed by atoms with Crippen LogP contribution in [0.25, 0.3) is 39.0 Å². The topological polar surface area (TPSA) is 9.72 Å². The van der Waals surface area contributed by atoms with Gasteiger partial charge in [-0.2, -0.15) is 0 Å². The van der Waals surface area contributed by atoms with Crippen molar-refractivity contribution < 1.29 is 0 Å². The van der Waals surface area contributed by atoms with Crippen LogP contribution in [0.3, 0.4) is 0 Å². The fraction of sp³-hybridized carbons (Fsp3) is 0.121. The molecule has 4 aliphatic rings. The van der Waals surface area contributed by atoms with Gasteiger partial charge >= 0.3 is 0 Å². The molecule has 13 rings (SSSR count). The highest BCUT2D eigenvalue weighted by Crippen LogP contribution is 2.65. The summed E-state index contributed by atoms with van der Waals surface area (Å²) in [5.74, 6) is 0. The molecule has 1 aliphatic heterocycles. The minimum Gasteiger partial charge on any atom is -0.310 e. The Morgan fingerprint density at radius 3 is 1.63 bits per heavy atom. The molecule has 1 heterocycles. The fourth-order valence-electron chi connectivity index (χ4n) is 11.9. The lowest BCUT2D eigenvalue weighted by Gasteiger charge is -2.32. The first-order valence-electron chi connectivity index (χ1n) is 24.8. The third-order valence-electron chi connectivity index (χ3n) is 15.4. The van der Waals surface area contributed by atoms with E-state index in [-0.39, 0.29) is 10.8 Å². The Morgan fingerprint density at radius 2 is 0.957 bits per heavy atom. The van der Waals surface area contributed by atoms with Gasteiger partial charge in [-0.3, -0.25) is 9.34 Å². The number of allylic oxidation sites excluding steroid dienone is 4. The molecule has 0 spiro atoms. The van der Waals surface area contributed by atoms with Gasteiger partial charge in [-0.05, 0) is 147 Å². The van der Waals surface area contributed by atoms with Crippen molar-refractivity contribution >= 4 is 58.9 Å². The average molecular weight is 920 g/mol. The summed E-state index contributed by atoms with van der Waals surface area (Å²) in [6, 6.07) is 81.3. The zero-order valence-corrected chi connectivity index (χ0v) is 41.0. The highest BCUT2D eigenvalue weighted by molar-refractivity contribution is 7.70. The summed E-state index contributed by atoms with van der Waals surface area (Å²) in [7, 11) is -0.992. The summed E-state index contributed by atoms with van der Waals surface area (Å²) in [6.07, 6.45) is 7.17. The molecule has 0 fully saturated rings. The molecular formula is C66H54N3P. The summed E-state index contributed by atoms with van der Waals surface area (Å²) in [6.45, 7) is 9.52. The maximum atomic E-state index is 2.57. The number of rotatable bonds is 8. The van der Waals surface area contributed by atoms with Crippen LogP contribution in [0.2, 0.25) is 0 Å². The smallest absolute Gasteiger partial charge is 0.138 e. The normalized spacial score (nSPS) is 16.7. The Balaban J connectivity index is 0.916. The van der Waals surface area contributed by atoms with E-state index in [2.05, 4.69) is 272 Å². The molecule has 0 saturated carbocycles. The quantitative estimate of drug-likeness (QED) is 0.141. The van der Waals surface area contributed by atoms with Crippen LogP contribution in [0.5, 0.6) is 0 Å². The molecule has 0 radical (unpaired) electrons. The summed E-state index contributed by atoms with van der Waals surface area (Å²) >= 11 is 0. The minimum absolute atomic E-state index is 0.00672. The molecule has 0 N–H and O–H groups in total. The fourth-order valence-corrected chi connectivity index (χ4v) is 14.4. The zero-order valence-electron chi connectivity index (χ0n) is 40.1. The first-order valence-corrected chi connectivity index (χ1v) is 26.0. The first-order chi connectivity index (χ1) is 34.3. The van der Waals surface area contributed by atoms with E-state index in [9.17, 15) is 0 Å². The predicted octanol–water partition coefficient (Wildman–Crippen LogP) is 18.1. The minimum atomic E-state index is -0.992. The Kier molecular flexibility index (Phi) is 9.98. The van der Waals surface area contributed by atoms with Crippen LogP contribution in [-0.4, -0.2) is 0 Å². The number of hydrogen-bond acceptors (Lipinski definition) is 3. The van der Waals surface area contributed by atoms with Crippen molar-refractivity contribution in [2.45, 2.75) is 51.4 Å². The third kappa shape index (κ3) is 6.67. The van der Waals surface area contributed by atoms with Gasteiger partial charge in [0.25, 0.3) is 0 Å². The standard InChI is InChI=1S/C66H54N3P/c1-65(2)58-28-17-15-26-56(58)64-59(65)29-18-30-62(64)67(49-37-31-45(32-38-49)47-35-41-55-54-25-14-16-27-57(54)66(3,4)60(55)43-47)50-39-33-46(34-40-50)48-36-42-61-63(44-48)69(52-21-10-6-11-22-52)70(53-23-12-7-13-24-53)68(61)51-19-8-5-9-20-51/h5-13,15,17-44H,14,16H2,1-4H3. The van der Waals surface area contributed by atoms with Crippen molar-refractivity contribution in [2.75, 3.05) is 14.2 Å². The van der Waals surface area contributed by atoms with Crippen LogP contribution in [0, 0.1) is 0 Å². The molecule has 9 aromatic rings. The van der Waals surface area contributed by atoms with Gasteiger partial charge in [0.2, 0.25) is 0 Å². The first kappa shape index (κ1) is 42.4. The highest BCUT2D eigenvalue weighted by Gasteiger charge is 2.42. The van der Waals surface area contributed by atoms with Gasteiger partial charge < -0.3 is 4.90 Å². The lowest BCUT2D eigenvalue weighted by molar-refractivity contribution is 0.655. The highest BCUT2D eigenvalue weighted by atomic mass is 31.1. The Morgan fingerprint density at radius 1 is 0.414 bits per heavy atom. The molecule has 0 amide bonds. The van der Waals surface area contributed by atoms with Crippen LogP contribution in [-0.2, 0) is 10.8 Å². The molecule has 3 aliphatic carbocycles. The summed E-state index contributed by atoms with van der Waals surface area (Å²) in [4.78, 5) is 2.48. The maximum Gasteiger partial charge on any atom is 0.138 e. The predicted molar refractivity (Wildman–Crippen MR) is 298 cm³/mol. The number of para-hydroxylation sites is 2. The number of hydrogen-bond donors (Lipinski definition) is 0. The second kappa shape index (κ2) is 16.5. The molecule has 0 bridgehead atoms. The van der Waals surface area contributed by atoms with Gasteiger partial charge in [-0.25, -0.2) is 0 Å². The summed E-state index contributed by atoms with van der Waals surface area (Å²) < 4.78 is 5.12. The van der Waals surface area contributed by atoms with Crippen molar-refractivity contribution in [3.8, 4) is 33.4 Å². The largest absolute Gasteiger partial charge is 0.310 e. The van der Waals surface area contributed by atoms with Gasteiger partial charge in [-0.15, -0.1) is 0 Å². The van der Waals surface area contributed by atoms with E-state index in [0.717, 1.165) is 24.2 Å². The number of fused-ring (bicyclic) bond motifs is 7. The van der Waals surface area contributed by atoms with Crippen LogP contribution in [0.4, 0.5) is 39.8 Å². The number of benzene rings is 9. The Hall–Kier alpha value is -7.71. The van der Waals surface area contributed by atoms with Crippen molar-refractivity contribution in [1.29, 1.82) is 0 Å². The molecule has 0 aromatic heterocycles. The average Bonchev–Trinajstić information content (AvgIpc) is 3.97. The van der Waals surface area contributed by atoms with Crippen molar-refractivity contribution in [2.24, 2.45) is 0 Å². The van der Waals surface area contributed by atoms with Gasteiger partial charge in [0.15, 0.2) is 0 Å². The summed E-state index contributed by atoms with van der Waals surface area (Å²) in [5.41, 5.74) is 24.0. The second-order valence-electron chi connectivity index (χ2n) is 20.1. The van der Waals surface area contributed by atoms with E-state index in [4.69, 9.17) is 0 Å². The molecule has 338 valence electrons. The SMILES string of the molecule is CC1(C)C2=CCCC=C2c2ccc(-c3ccc(N(c4ccc(-c5ccc6c(c5)N(c5ccccc5)P(c5ccccc5)N6c5ccccc5)cc4)c4cccc5c4-c4ccccc4C5(C)C)cc3)cc21. The van der Waals surface area contributed by atoms with E-state index in [0.29, 0.717) is 0 Å². The van der Waals surface area contributed by atoms with Gasteiger partial charge in [0.1, 0.15) is 8.22 Å². The van der Waals surface area contributed by atoms with Crippen LogP contribution in [0.15, 0.2) is 236 Å². The van der Waals surface area contributed by atoms with Crippen molar-refractivity contribution in [1.82, 2.24) is 0 Å².